The maximum atomic E-state index is 12.7. The van der Waals surface area contributed by atoms with Gasteiger partial charge in [-0.15, -0.1) is 0 Å². The van der Waals surface area contributed by atoms with Crippen LogP contribution in [-0.2, 0) is 0 Å². The number of aromatic nitrogens is 1. The summed E-state index contributed by atoms with van der Waals surface area (Å²) < 4.78 is 0. The second kappa shape index (κ2) is 4.63. The lowest BCUT2D eigenvalue weighted by molar-refractivity contribution is 0.0311. The molecule has 1 aliphatic heterocycles. The second-order valence-electron chi connectivity index (χ2n) is 6.24. The molecular weight excluding hydrogens is 250 g/mol. The minimum absolute atomic E-state index is 0.0322. The van der Waals surface area contributed by atoms with E-state index in [1.54, 1.807) is 0 Å². The van der Waals surface area contributed by atoms with Crippen molar-refractivity contribution in [2.24, 2.45) is 0 Å². The first-order valence-corrected chi connectivity index (χ1v) is 7.05. The fraction of sp³-hybridized carbons (Fsp3) is 0.438. The Morgan fingerprint density at radius 3 is 2.80 bits per heavy atom. The fourth-order valence-electron chi connectivity index (χ4n) is 2.78. The molecule has 1 N–H and O–H groups in total. The van der Waals surface area contributed by atoms with Gasteiger partial charge in [0.05, 0.1) is 0 Å². The Hall–Kier alpha value is -1.81. The van der Waals surface area contributed by atoms with E-state index in [0.717, 1.165) is 36.1 Å². The number of hydrogen-bond acceptors (Lipinski definition) is 2. The molecule has 1 saturated heterocycles. The quantitative estimate of drug-likeness (QED) is 0.864. The number of fused-ring (bicyclic) bond motifs is 1. The number of amides is 1. The Labute approximate surface area is 119 Å². The van der Waals surface area contributed by atoms with Gasteiger partial charge >= 0.3 is 0 Å². The number of carbonyl (C=O) groups excluding carboxylic acids is 1. The fourth-order valence-corrected chi connectivity index (χ4v) is 2.78. The Balaban J connectivity index is 1.85. The maximum Gasteiger partial charge on any atom is 0.254 e. The van der Waals surface area contributed by atoms with Gasteiger partial charge in [-0.1, -0.05) is 6.07 Å². The van der Waals surface area contributed by atoms with E-state index in [9.17, 15) is 4.79 Å². The molecule has 4 nitrogen and oxygen atoms in total. The summed E-state index contributed by atoms with van der Waals surface area (Å²) in [5.74, 6) is 0.127. The standard InChI is InChI=1S/C16H21N3O/c1-16(2)11-19(9-8-18(16)3)15(20)13-5-4-12-6-7-17-14(12)10-13/h4-7,10,17H,8-9,11H2,1-3H3. The van der Waals surface area contributed by atoms with Gasteiger partial charge in [0.1, 0.15) is 0 Å². The van der Waals surface area contributed by atoms with Crippen LogP contribution in [0.1, 0.15) is 24.2 Å². The molecule has 1 amide bonds. The molecule has 2 heterocycles. The molecule has 0 bridgehead atoms. The lowest BCUT2D eigenvalue weighted by Crippen LogP contribution is -2.58. The van der Waals surface area contributed by atoms with Crippen molar-refractivity contribution in [3.05, 3.63) is 36.0 Å². The summed E-state index contributed by atoms with van der Waals surface area (Å²) in [4.78, 5) is 20.1. The van der Waals surface area contributed by atoms with Crippen LogP contribution in [-0.4, -0.2) is 52.9 Å². The summed E-state index contributed by atoms with van der Waals surface area (Å²) in [5.41, 5.74) is 1.81. The van der Waals surface area contributed by atoms with Gasteiger partial charge in [-0.25, -0.2) is 0 Å². The molecule has 4 heteroatoms. The van der Waals surface area contributed by atoms with Crippen LogP contribution in [0.25, 0.3) is 10.9 Å². The summed E-state index contributed by atoms with van der Waals surface area (Å²) in [5, 5.41) is 1.14. The van der Waals surface area contributed by atoms with Crippen molar-refractivity contribution < 1.29 is 4.79 Å². The number of carbonyl (C=O) groups is 1. The molecule has 1 aliphatic rings. The highest BCUT2D eigenvalue weighted by Crippen LogP contribution is 2.22. The van der Waals surface area contributed by atoms with Gasteiger partial charge in [-0.2, -0.15) is 0 Å². The van der Waals surface area contributed by atoms with Crippen molar-refractivity contribution in [1.29, 1.82) is 0 Å². The summed E-state index contributed by atoms with van der Waals surface area (Å²) in [6, 6.07) is 7.88. The first-order chi connectivity index (χ1) is 9.47. The van der Waals surface area contributed by atoms with Gasteiger partial charge < -0.3 is 9.88 Å². The third-order valence-corrected chi connectivity index (χ3v) is 4.41. The SMILES string of the molecule is CN1CCN(C(=O)c2ccc3cc[nH]c3c2)CC1(C)C. The number of benzene rings is 1. The predicted molar refractivity (Wildman–Crippen MR) is 80.9 cm³/mol. The highest BCUT2D eigenvalue weighted by atomic mass is 16.2. The molecule has 2 aromatic rings. The molecule has 0 aliphatic carbocycles. The number of nitrogens with one attached hydrogen (secondary N) is 1. The van der Waals surface area contributed by atoms with Crippen LogP contribution in [0.15, 0.2) is 30.5 Å². The van der Waals surface area contributed by atoms with Crippen molar-refractivity contribution in [3.63, 3.8) is 0 Å². The lowest BCUT2D eigenvalue weighted by atomic mass is 9.99. The van der Waals surface area contributed by atoms with Crippen LogP contribution < -0.4 is 0 Å². The van der Waals surface area contributed by atoms with Crippen LogP contribution in [0, 0.1) is 0 Å². The second-order valence-corrected chi connectivity index (χ2v) is 6.24. The summed E-state index contributed by atoms with van der Waals surface area (Å²) in [7, 11) is 2.12. The van der Waals surface area contributed by atoms with Crippen molar-refractivity contribution in [1.82, 2.24) is 14.8 Å². The molecule has 3 rings (SSSR count). The highest BCUT2D eigenvalue weighted by Gasteiger charge is 2.33. The zero-order chi connectivity index (χ0) is 14.3. The third kappa shape index (κ3) is 2.20. The van der Waals surface area contributed by atoms with Gasteiger partial charge in [0, 0.05) is 42.5 Å². The van der Waals surface area contributed by atoms with E-state index >= 15 is 0 Å². The molecular formula is C16H21N3O. The number of aromatic amines is 1. The number of piperazine rings is 1. The summed E-state index contributed by atoms with van der Waals surface area (Å²) in [6.07, 6.45) is 1.90. The van der Waals surface area contributed by atoms with E-state index in [4.69, 9.17) is 0 Å². The Morgan fingerprint density at radius 1 is 1.25 bits per heavy atom. The van der Waals surface area contributed by atoms with E-state index < -0.39 is 0 Å². The molecule has 0 saturated carbocycles. The first-order valence-electron chi connectivity index (χ1n) is 7.05. The minimum Gasteiger partial charge on any atom is -0.361 e. The smallest absolute Gasteiger partial charge is 0.254 e. The molecule has 1 aromatic carbocycles. The van der Waals surface area contributed by atoms with E-state index in [1.807, 2.05) is 35.4 Å². The molecule has 0 spiro atoms. The molecule has 0 radical (unpaired) electrons. The van der Waals surface area contributed by atoms with Crippen LogP contribution in [0.4, 0.5) is 0 Å². The predicted octanol–water partition coefficient (Wildman–Crippen LogP) is 2.33. The molecule has 106 valence electrons. The lowest BCUT2D eigenvalue weighted by Gasteiger charge is -2.45. The highest BCUT2D eigenvalue weighted by molar-refractivity contribution is 5.98. The normalized spacial score (nSPS) is 19.4. The van der Waals surface area contributed by atoms with E-state index in [1.165, 1.54) is 0 Å². The van der Waals surface area contributed by atoms with Crippen LogP contribution in [0.5, 0.6) is 0 Å². The number of H-pyrrole nitrogens is 1. The van der Waals surface area contributed by atoms with Crippen LogP contribution >= 0.6 is 0 Å². The number of rotatable bonds is 1. The molecule has 20 heavy (non-hydrogen) atoms. The Kier molecular flexibility index (Phi) is 3.05. The molecule has 1 fully saturated rings. The topological polar surface area (TPSA) is 39.3 Å². The summed E-state index contributed by atoms with van der Waals surface area (Å²) in [6.45, 7) is 6.84. The zero-order valence-electron chi connectivity index (χ0n) is 12.3. The molecule has 0 unspecified atom stereocenters. The van der Waals surface area contributed by atoms with E-state index in [-0.39, 0.29) is 11.4 Å². The number of nitrogens with zero attached hydrogens (tertiary/aromatic N) is 2. The van der Waals surface area contributed by atoms with Gasteiger partial charge in [-0.3, -0.25) is 9.69 Å². The zero-order valence-corrected chi connectivity index (χ0v) is 12.3. The van der Waals surface area contributed by atoms with E-state index in [2.05, 4.69) is 30.8 Å². The van der Waals surface area contributed by atoms with Crippen molar-refractivity contribution in [3.8, 4) is 0 Å². The maximum absolute atomic E-state index is 12.7. The van der Waals surface area contributed by atoms with Crippen molar-refractivity contribution >= 4 is 16.8 Å². The van der Waals surface area contributed by atoms with Gasteiger partial charge in [0.25, 0.3) is 5.91 Å². The van der Waals surface area contributed by atoms with Crippen molar-refractivity contribution in [2.75, 3.05) is 26.7 Å². The monoisotopic (exact) mass is 271 g/mol. The number of likely N-dealkylation sites (N-methyl/N-ethyl adjacent to an activating group) is 1. The molecule has 0 atom stereocenters. The Morgan fingerprint density at radius 2 is 2.05 bits per heavy atom. The van der Waals surface area contributed by atoms with Crippen LogP contribution in [0.2, 0.25) is 0 Å². The third-order valence-electron chi connectivity index (χ3n) is 4.41. The largest absolute Gasteiger partial charge is 0.361 e. The number of hydrogen-bond donors (Lipinski definition) is 1. The van der Waals surface area contributed by atoms with Gasteiger partial charge in [0.2, 0.25) is 0 Å². The average Bonchev–Trinajstić information content (AvgIpc) is 2.88. The van der Waals surface area contributed by atoms with Crippen LogP contribution in [0.3, 0.4) is 0 Å². The van der Waals surface area contributed by atoms with E-state index in [0.29, 0.717) is 0 Å². The van der Waals surface area contributed by atoms with Crippen molar-refractivity contribution in [2.45, 2.75) is 19.4 Å². The summed E-state index contributed by atoms with van der Waals surface area (Å²) >= 11 is 0. The van der Waals surface area contributed by atoms with Gasteiger partial charge in [0.15, 0.2) is 0 Å². The minimum atomic E-state index is 0.0322. The first kappa shape index (κ1) is 13.2. The molecule has 1 aromatic heterocycles. The Bertz CT molecular complexity index is 644. The van der Waals surface area contributed by atoms with Gasteiger partial charge in [-0.05, 0) is 44.5 Å². The average molecular weight is 271 g/mol.